The number of carbonyl (C=O) groups is 1. The quantitative estimate of drug-likeness (QED) is 0.924. The minimum atomic E-state index is -2.83. The van der Waals surface area contributed by atoms with E-state index in [9.17, 15) is 13.6 Å². The Morgan fingerprint density at radius 3 is 2.58 bits per heavy atom. The highest BCUT2D eigenvalue weighted by Gasteiger charge is 2.19. The van der Waals surface area contributed by atoms with Gasteiger partial charge in [0.15, 0.2) is 0 Å². The topological polar surface area (TPSA) is 46.9 Å². The van der Waals surface area contributed by atoms with E-state index in [1.54, 1.807) is 6.92 Å². The van der Waals surface area contributed by atoms with Gasteiger partial charge in [-0.05, 0) is 18.6 Å². The molecule has 2 aromatic rings. The first-order valence-electron chi connectivity index (χ1n) is 5.77. The molecule has 1 heterocycles. The van der Waals surface area contributed by atoms with Gasteiger partial charge in [0.1, 0.15) is 5.69 Å². The molecule has 1 aromatic carbocycles. The second-order valence-electron chi connectivity index (χ2n) is 4.04. The van der Waals surface area contributed by atoms with E-state index in [2.05, 4.69) is 10.4 Å². The number of amides is 1. The number of aromatic nitrogens is 2. The van der Waals surface area contributed by atoms with Crippen molar-refractivity contribution in [3.05, 3.63) is 53.9 Å². The number of hydrogen-bond acceptors (Lipinski definition) is 2. The number of rotatable bonds is 4. The molecule has 0 aliphatic rings. The van der Waals surface area contributed by atoms with Gasteiger partial charge in [0.05, 0.1) is 6.04 Å². The predicted molar refractivity (Wildman–Crippen MR) is 65.8 cm³/mol. The van der Waals surface area contributed by atoms with Crippen LogP contribution in [0.15, 0.2) is 42.6 Å². The van der Waals surface area contributed by atoms with E-state index in [4.69, 9.17) is 0 Å². The van der Waals surface area contributed by atoms with E-state index in [1.807, 2.05) is 30.3 Å². The van der Waals surface area contributed by atoms with Crippen LogP contribution in [0.4, 0.5) is 8.78 Å². The summed E-state index contributed by atoms with van der Waals surface area (Å²) in [5, 5.41) is 6.08. The summed E-state index contributed by atoms with van der Waals surface area (Å²) in [6.45, 7) is -1.04. The zero-order valence-electron chi connectivity index (χ0n) is 10.3. The molecule has 0 saturated heterocycles. The lowest BCUT2D eigenvalue weighted by Crippen LogP contribution is -2.29. The largest absolute Gasteiger partial charge is 0.344 e. The Morgan fingerprint density at radius 1 is 1.26 bits per heavy atom. The Labute approximate surface area is 109 Å². The molecule has 0 aliphatic heterocycles. The molecule has 0 radical (unpaired) electrons. The lowest BCUT2D eigenvalue weighted by Gasteiger charge is -2.14. The van der Waals surface area contributed by atoms with Gasteiger partial charge in [-0.25, -0.2) is 0 Å². The molecule has 1 amide bonds. The predicted octanol–water partition coefficient (Wildman–Crippen LogP) is 2.77. The molecule has 1 aromatic heterocycles. The molecule has 100 valence electrons. The maximum absolute atomic E-state index is 12.6. The maximum Gasteiger partial charge on any atom is 0.333 e. The van der Waals surface area contributed by atoms with Crippen molar-refractivity contribution in [3.8, 4) is 0 Å². The maximum atomic E-state index is 12.6. The first-order valence-corrected chi connectivity index (χ1v) is 5.77. The smallest absolute Gasteiger partial charge is 0.333 e. The Kier molecular flexibility index (Phi) is 3.89. The normalized spacial score (nSPS) is 12.4. The van der Waals surface area contributed by atoms with Gasteiger partial charge in [0.25, 0.3) is 5.91 Å². The molecule has 19 heavy (non-hydrogen) atoms. The van der Waals surface area contributed by atoms with Gasteiger partial charge >= 0.3 is 6.55 Å². The van der Waals surface area contributed by atoms with Crippen molar-refractivity contribution in [1.29, 1.82) is 0 Å². The number of halogens is 2. The van der Waals surface area contributed by atoms with Crippen LogP contribution < -0.4 is 5.32 Å². The molecule has 0 fully saturated rings. The second kappa shape index (κ2) is 5.60. The van der Waals surface area contributed by atoms with Crippen LogP contribution in [0.1, 0.15) is 35.6 Å². The molecule has 4 nitrogen and oxygen atoms in total. The van der Waals surface area contributed by atoms with Crippen molar-refractivity contribution in [2.75, 3.05) is 0 Å². The van der Waals surface area contributed by atoms with E-state index in [-0.39, 0.29) is 11.7 Å². The number of nitrogens with one attached hydrogen (secondary N) is 1. The number of alkyl halides is 2. The van der Waals surface area contributed by atoms with Gasteiger partial charge in [-0.3, -0.25) is 4.79 Å². The zero-order chi connectivity index (χ0) is 13.8. The van der Waals surface area contributed by atoms with Crippen LogP contribution in [0.25, 0.3) is 0 Å². The van der Waals surface area contributed by atoms with Crippen molar-refractivity contribution in [1.82, 2.24) is 15.1 Å². The summed E-state index contributed by atoms with van der Waals surface area (Å²) >= 11 is 0. The van der Waals surface area contributed by atoms with Crippen molar-refractivity contribution < 1.29 is 13.6 Å². The molecular weight excluding hydrogens is 252 g/mol. The highest BCUT2D eigenvalue weighted by Crippen LogP contribution is 2.15. The van der Waals surface area contributed by atoms with Crippen molar-refractivity contribution in [2.24, 2.45) is 0 Å². The van der Waals surface area contributed by atoms with Crippen LogP contribution in [-0.2, 0) is 0 Å². The molecular formula is C13H13F2N3O. The van der Waals surface area contributed by atoms with Crippen LogP contribution in [0.5, 0.6) is 0 Å². The van der Waals surface area contributed by atoms with E-state index in [1.165, 1.54) is 12.3 Å². The number of hydrogen-bond donors (Lipinski definition) is 1. The van der Waals surface area contributed by atoms with E-state index < -0.39 is 12.5 Å². The molecule has 0 bridgehead atoms. The molecule has 2 rings (SSSR count). The van der Waals surface area contributed by atoms with Gasteiger partial charge < -0.3 is 5.32 Å². The van der Waals surface area contributed by atoms with Gasteiger partial charge in [-0.1, -0.05) is 30.3 Å². The van der Waals surface area contributed by atoms with E-state index in [0.29, 0.717) is 4.68 Å². The summed E-state index contributed by atoms with van der Waals surface area (Å²) in [5.41, 5.74) is 0.747. The number of nitrogens with zero attached hydrogens (tertiary/aromatic N) is 2. The average molecular weight is 265 g/mol. The lowest BCUT2D eigenvalue weighted by molar-refractivity contribution is 0.0507. The van der Waals surface area contributed by atoms with Crippen molar-refractivity contribution in [2.45, 2.75) is 19.5 Å². The first kappa shape index (κ1) is 13.2. The van der Waals surface area contributed by atoms with Gasteiger partial charge in [-0.15, -0.1) is 0 Å². The molecule has 0 aliphatic carbocycles. The SMILES string of the molecule is CC(NC(=O)c1ccnn1C(F)F)c1ccccc1. The van der Waals surface area contributed by atoms with Crippen LogP contribution in [-0.4, -0.2) is 15.7 Å². The van der Waals surface area contributed by atoms with Crippen molar-refractivity contribution >= 4 is 5.91 Å². The fourth-order valence-electron chi connectivity index (χ4n) is 1.75. The van der Waals surface area contributed by atoms with Crippen LogP contribution in [0.3, 0.4) is 0 Å². The van der Waals surface area contributed by atoms with Crippen molar-refractivity contribution in [3.63, 3.8) is 0 Å². The summed E-state index contributed by atoms with van der Waals surface area (Å²) in [5.74, 6) is -0.575. The van der Waals surface area contributed by atoms with E-state index >= 15 is 0 Å². The third kappa shape index (κ3) is 2.96. The Bertz CT molecular complexity index is 554. The molecule has 0 saturated carbocycles. The second-order valence-corrected chi connectivity index (χ2v) is 4.04. The highest BCUT2D eigenvalue weighted by atomic mass is 19.3. The summed E-state index contributed by atoms with van der Waals surface area (Å²) in [6, 6.07) is 10.3. The number of carbonyl (C=O) groups excluding carboxylic acids is 1. The standard InChI is InChI=1S/C13H13F2N3O/c1-9(10-5-3-2-4-6-10)17-12(19)11-7-8-16-18(11)13(14)15/h2-9,13H,1H3,(H,17,19). The highest BCUT2D eigenvalue weighted by molar-refractivity contribution is 5.92. The minimum Gasteiger partial charge on any atom is -0.344 e. The molecule has 6 heteroatoms. The van der Waals surface area contributed by atoms with E-state index in [0.717, 1.165) is 5.56 Å². The molecule has 0 spiro atoms. The third-order valence-electron chi connectivity index (χ3n) is 2.73. The van der Waals surface area contributed by atoms with Crippen LogP contribution in [0.2, 0.25) is 0 Å². The molecule has 1 N–H and O–H groups in total. The Hall–Kier alpha value is -2.24. The van der Waals surface area contributed by atoms with Gasteiger partial charge in [0.2, 0.25) is 0 Å². The Balaban J connectivity index is 2.11. The summed E-state index contributed by atoms with van der Waals surface area (Å²) in [7, 11) is 0. The summed E-state index contributed by atoms with van der Waals surface area (Å²) in [6.07, 6.45) is 1.17. The Morgan fingerprint density at radius 2 is 1.95 bits per heavy atom. The zero-order valence-corrected chi connectivity index (χ0v) is 10.3. The minimum absolute atomic E-state index is 0.155. The lowest BCUT2D eigenvalue weighted by atomic mass is 10.1. The first-order chi connectivity index (χ1) is 9.09. The molecule has 1 unspecified atom stereocenters. The van der Waals surface area contributed by atoms with Gasteiger partial charge in [0, 0.05) is 6.20 Å². The summed E-state index contributed by atoms with van der Waals surface area (Å²) < 4.78 is 25.6. The fraction of sp³-hybridized carbons (Fsp3) is 0.231. The monoisotopic (exact) mass is 265 g/mol. The van der Waals surface area contributed by atoms with Gasteiger partial charge in [-0.2, -0.15) is 18.6 Å². The number of benzene rings is 1. The van der Waals surface area contributed by atoms with Crippen LogP contribution in [0, 0.1) is 0 Å². The average Bonchev–Trinajstić information content (AvgIpc) is 2.89. The third-order valence-corrected chi connectivity index (χ3v) is 2.73. The van der Waals surface area contributed by atoms with Crippen LogP contribution >= 0.6 is 0 Å². The summed E-state index contributed by atoms with van der Waals surface area (Å²) in [4.78, 5) is 11.9. The molecule has 1 atom stereocenters. The fourth-order valence-corrected chi connectivity index (χ4v) is 1.75.